The van der Waals surface area contributed by atoms with E-state index in [1.165, 1.54) is 19.0 Å². The molecule has 1 saturated heterocycles. The molecule has 1 aromatic carbocycles. The summed E-state index contributed by atoms with van der Waals surface area (Å²) in [6.45, 7) is 1.16. The number of phenolic OH excluding ortho intramolecular Hbond substituents is 1. The minimum Gasteiger partial charge on any atom is -0.507 e. The quantitative estimate of drug-likeness (QED) is 0.341. The third kappa shape index (κ3) is 3.73. The van der Waals surface area contributed by atoms with E-state index in [1.807, 2.05) is 0 Å². The number of ketones is 4. The summed E-state index contributed by atoms with van der Waals surface area (Å²) in [5.74, 6) is -12.4. The molecule has 0 spiro atoms. The number of nitrogens with one attached hydrogen (secondary N) is 1. The summed E-state index contributed by atoms with van der Waals surface area (Å²) < 4.78 is 21.0. The van der Waals surface area contributed by atoms with Gasteiger partial charge in [-0.1, -0.05) is 0 Å². The number of carbonyl (C=O) groups excluding carboxylic acids is 5. The van der Waals surface area contributed by atoms with Crippen molar-refractivity contribution in [2.75, 3.05) is 27.3 Å². The maximum atomic E-state index is 15.7. The summed E-state index contributed by atoms with van der Waals surface area (Å²) in [5, 5.41) is 25.4. The number of likely N-dealkylation sites (N-methyl/N-ethyl adjacent to an activating group) is 1. The summed E-state index contributed by atoms with van der Waals surface area (Å²) in [4.78, 5) is 67.1. The van der Waals surface area contributed by atoms with E-state index in [-0.39, 0.29) is 42.1 Å². The predicted molar refractivity (Wildman–Crippen MR) is 127 cm³/mol. The van der Waals surface area contributed by atoms with Crippen molar-refractivity contribution in [3.8, 4) is 5.75 Å². The van der Waals surface area contributed by atoms with Gasteiger partial charge in [0.1, 0.15) is 11.6 Å². The van der Waals surface area contributed by atoms with Crippen molar-refractivity contribution in [1.29, 1.82) is 0 Å². The Morgan fingerprint density at radius 1 is 1.26 bits per heavy atom. The van der Waals surface area contributed by atoms with Gasteiger partial charge in [0.25, 0.3) is 0 Å². The lowest BCUT2D eigenvalue weighted by molar-refractivity contribution is -0.181. The second-order valence-electron chi connectivity index (χ2n) is 11.0. The van der Waals surface area contributed by atoms with Gasteiger partial charge >= 0.3 is 0 Å². The van der Waals surface area contributed by atoms with Gasteiger partial charge in [0, 0.05) is 36.2 Å². The van der Waals surface area contributed by atoms with Gasteiger partial charge in [-0.2, -0.15) is 0 Å². The number of Topliss-reactive ketones (excluding diaryl/α,β-unsaturated/α-hetero) is 4. The summed E-state index contributed by atoms with van der Waals surface area (Å²) in [5.41, 5.74) is 2.24. The first-order valence-electron chi connectivity index (χ1n) is 12.6. The molecule has 4 aliphatic rings. The zero-order valence-electron chi connectivity index (χ0n) is 21.0. The molecule has 0 bridgehead atoms. The highest BCUT2D eigenvalue weighted by molar-refractivity contribution is 6.32. The molecule has 204 valence electrons. The van der Waals surface area contributed by atoms with E-state index in [1.54, 1.807) is 0 Å². The number of benzene rings is 1. The van der Waals surface area contributed by atoms with E-state index < -0.39 is 75.9 Å². The average molecular weight is 532 g/mol. The SMILES string of the molecule is CN(C)[C@@H]1C(=O)C(C(N)=O)C(=O)[C@@]2(O)C(=O)C3C(=O)c4c(O)cc(CN[C@H]5CCOC5)c(F)c4C[C@H]3C[C@@H]12. The van der Waals surface area contributed by atoms with Crippen LogP contribution in [-0.4, -0.2) is 89.1 Å². The highest BCUT2D eigenvalue weighted by atomic mass is 19.1. The largest absolute Gasteiger partial charge is 0.507 e. The molecule has 5 rings (SSSR count). The van der Waals surface area contributed by atoms with E-state index >= 15 is 4.39 Å². The Balaban J connectivity index is 1.54. The van der Waals surface area contributed by atoms with Crippen LogP contribution in [0.2, 0.25) is 0 Å². The number of fused-ring (bicyclic) bond motifs is 3. The first-order chi connectivity index (χ1) is 17.9. The number of ether oxygens (including phenoxy) is 1. The number of nitrogens with zero attached hydrogens (tertiary/aromatic N) is 1. The Morgan fingerprint density at radius 2 is 1.97 bits per heavy atom. The van der Waals surface area contributed by atoms with E-state index in [0.717, 1.165) is 12.5 Å². The molecule has 11 nitrogen and oxygen atoms in total. The number of primary amides is 1. The van der Waals surface area contributed by atoms with Gasteiger partial charge < -0.3 is 26.0 Å². The summed E-state index contributed by atoms with van der Waals surface area (Å²) in [6, 6.07) is -0.0462. The van der Waals surface area contributed by atoms with Crippen molar-refractivity contribution in [2.24, 2.45) is 29.4 Å². The number of aliphatic hydroxyl groups is 1. The molecule has 1 aliphatic heterocycles. The number of aromatic hydroxyl groups is 1. The van der Waals surface area contributed by atoms with Crippen molar-refractivity contribution >= 4 is 29.0 Å². The van der Waals surface area contributed by atoms with Crippen molar-refractivity contribution in [3.05, 3.63) is 28.6 Å². The Hall–Kier alpha value is -3.06. The van der Waals surface area contributed by atoms with Crippen molar-refractivity contribution in [1.82, 2.24) is 10.2 Å². The highest BCUT2D eigenvalue weighted by Gasteiger charge is 2.69. The van der Waals surface area contributed by atoms with E-state index in [4.69, 9.17) is 10.5 Å². The maximum Gasteiger partial charge on any atom is 0.235 e. The van der Waals surface area contributed by atoms with Crippen LogP contribution in [0.15, 0.2) is 6.07 Å². The molecule has 1 heterocycles. The van der Waals surface area contributed by atoms with Crippen LogP contribution in [0.1, 0.15) is 34.3 Å². The highest BCUT2D eigenvalue weighted by Crippen LogP contribution is 2.51. The molecule has 0 aromatic heterocycles. The minimum absolute atomic E-state index is 0.0285. The lowest BCUT2D eigenvalue weighted by Crippen LogP contribution is -2.74. The summed E-state index contributed by atoms with van der Waals surface area (Å²) in [6.07, 6.45) is 0.506. The van der Waals surface area contributed by atoms with Gasteiger partial charge in [-0.05, 0) is 45.3 Å². The standard InChI is InChI=1S/C26H30FN3O8/c1-30(2)20-14-6-10-5-13-17(15(31)7-11(19(13)27)8-29-12-3-4-38-9-12)21(32)16(10)23(34)26(14,37)24(35)18(22(20)33)25(28)36/h7,10,12,14,16,18,20,29,31,37H,3-6,8-9H2,1-2H3,(H2,28,36)/t10-,12-,14-,16?,18?,20-,26-/m0/s1. The van der Waals surface area contributed by atoms with Crippen LogP contribution >= 0.6 is 0 Å². The molecule has 2 unspecified atom stereocenters. The molecular formula is C26H30FN3O8. The van der Waals surface area contributed by atoms with Gasteiger partial charge in [-0.15, -0.1) is 0 Å². The van der Waals surface area contributed by atoms with Crippen LogP contribution in [-0.2, 0) is 36.9 Å². The lowest BCUT2D eigenvalue weighted by atomic mass is 9.52. The number of rotatable bonds is 5. The van der Waals surface area contributed by atoms with Crippen LogP contribution in [0.5, 0.6) is 5.75 Å². The number of hydrogen-bond acceptors (Lipinski definition) is 10. The topological polar surface area (TPSA) is 176 Å². The van der Waals surface area contributed by atoms with E-state index in [0.29, 0.717) is 13.2 Å². The van der Waals surface area contributed by atoms with Crippen LogP contribution in [0.4, 0.5) is 4.39 Å². The Labute approximate surface area is 217 Å². The number of halogens is 1. The Bertz CT molecular complexity index is 1260. The fourth-order valence-electron chi connectivity index (χ4n) is 6.79. The Morgan fingerprint density at radius 3 is 2.58 bits per heavy atom. The molecular weight excluding hydrogens is 501 g/mol. The van der Waals surface area contributed by atoms with Crippen molar-refractivity contribution < 1.29 is 43.3 Å². The van der Waals surface area contributed by atoms with E-state index in [9.17, 15) is 34.2 Å². The molecule has 12 heteroatoms. The van der Waals surface area contributed by atoms with Gasteiger partial charge in [0.05, 0.1) is 24.1 Å². The van der Waals surface area contributed by atoms with Crippen molar-refractivity contribution in [3.63, 3.8) is 0 Å². The number of phenols is 1. The normalized spacial score (nSPS) is 34.8. The molecule has 5 N–H and O–H groups in total. The molecule has 2 saturated carbocycles. The first-order valence-corrected chi connectivity index (χ1v) is 12.6. The second-order valence-corrected chi connectivity index (χ2v) is 11.0. The zero-order chi connectivity index (χ0) is 27.7. The Kier molecular flexibility index (Phi) is 6.49. The number of nitrogens with two attached hydrogens (primary N) is 1. The van der Waals surface area contributed by atoms with Crippen LogP contribution in [0, 0.1) is 29.5 Å². The zero-order valence-corrected chi connectivity index (χ0v) is 21.0. The smallest absolute Gasteiger partial charge is 0.235 e. The van der Waals surface area contributed by atoms with Gasteiger partial charge in [0.2, 0.25) is 5.91 Å². The van der Waals surface area contributed by atoms with Gasteiger partial charge in [-0.3, -0.25) is 28.9 Å². The molecule has 3 aliphatic carbocycles. The minimum atomic E-state index is -2.81. The monoisotopic (exact) mass is 531 g/mol. The molecule has 7 atom stereocenters. The second kappa shape index (κ2) is 9.30. The molecule has 0 radical (unpaired) electrons. The van der Waals surface area contributed by atoms with Gasteiger partial charge in [0.15, 0.2) is 34.7 Å². The molecule has 1 aromatic rings. The number of hydrogen-bond donors (Lipinski definition) is 4. The fraction of sp³-hybridized carbons (Fsp3) is 0.577. The van der Waals surface area contributed by atoms with E-state index in [2.05, 4.69) is 5.32 Å². The molecule has 38 heavy (non-hydrogen) atoms. The molecule has 3 fully saturated rings. The number of carbonyl (C=O) groups is 5. The van der Waals surface area contributed by atoms with Crippen LogP contribution in [0.25, 0.3) is 0 Å². The molecule has 1 amide bonds. The summed E-state index contributed by atoms with van der Waals surface area (Å²) >= 11 is 0. The van der Waals surface area contributed by atoms with Crippen LogP contribution < -0.4 is 11.1 Å². The summed E-state index contributed by atoms with van der Waals surface area (Å²) in [7, 11) is 3.00. The first kappa shape index (κ1) is 26.5. The average Bonchev–Trinajstić information content (AvgIpc) is 3.36. The lowest BCUT2D eigenvalue weighted by Gasteiger charge is -2.52. The third-order valence-electron chi connectivity index (χ3n) is 8.58. The third-order valence-corrected chi connectivity index (χ3v) is 8.58. The van der Waals surface area contributed by atoms with Gasteiger partial charge in [-0.25, -0.2) is 4.39 Å². The van der Waals surface area contributed by atoms with Crippen LogP contribution in [0.3, 0.4) is 0 Å². The predicted octanol–water partition coefficient (Wildman–Crippen LogP) is -1.12. The number of amides is 1. The fourth-order valence-corrected chi connectivity index (χ4v) is 6.79. The maximum absolute atomic E-state index is 15.7. The van der Waals surface area contributed by atoms with Crippen molar-refractivity contribution in [2.45, 2.75) is 43.5 Å².